The molecule has 1 N–H and O–H groups in total. The van der Waals surface area contributed by atoms with Gasteiger partial charge in [-0.3, -0.25) is 9.69 Å². The van der Waals surface area contributed by atoms with Crippen molar-refractivity contribution in [2.75, 3.05) is 38.5 Å². The molecule has 0 bridgehead atoms. The van der Waals surface area contributed by atoms with E-state index in [4.69, 9.17) is 0 Å². The van der Waals surface area contributed by atoms with E-state index in [1.54, 1.807) is 11.3 Å². The van der Waals surface area contributed by atoms with Crippen LogP contribution >= 0.6 is 11.3 Å². The van der Waals surface area contributed by atoms with Crippen molar-refractivity contribution in [1.82, 2.24) is 14.8 Å². The third-order valence-electron chi connectivity index (χ3n) is 3.21. The van der Waals surface area contributed by atoms with Gasteiger partial charge in [0.25, 0.3) is 0 Å². The molecule has 0 aromatic carbocycles. The molecule has 0 aliphatic carbocycles. The Bertz CT molecular complexity index is 421. The van der Waals surface area contributed by atoms with Crippen molar-refractivity contribution in [3.63, 3.8) is 0 Å². The van der Waals surface area contributed by atoms with Gasteiger partial charge in [-0.15, -0.1) is 11.3 Å². The summed E-state index contributed by atoms with van der Waals surface area (Å²) in [5, 5.41) is 4.28. The Morgan fingerprint density at radius 1 is 1.47 bits per heavy atom. The molecule has 106 valence electrons. The van der Waals surface area contributed by atoms with Gasteiger partial charge in [0, 0.05) is 44.3 Å². The lowest BCUT2D eigenvalue weighted by Gasteiger charge is -2.17. The maximum atomic E-state index is 11.8. The lowest BCUT2D eigenvalue weighted by molar-refractivity contribution is -0.129. The summed E-state index contributed by atoms with van der Waals surface area (Å²) in [7, 11) is 1.88. The highest BCUT2D eigenvalue weighted by Crippen LogP contribution is 2.20. The topological polar surface area (TPSA) is 48.5 Å². The largest absolute Gasteiger partial charge is 0.362 e. The molecule has 2 rings (SSSR count). The summed E-state index contributed by atoms with van der Waals surface area (Å²) in [6.45, 7) is 6.28. The van der Waals surface area contributed by atoms with Crippen LogP contribution in [0.25, 0.3) is 0 Å². The molecule has 1 amide bonds. The average Bonchev–Trinajstić information content (AvgIpc) is 2.76. The third kappa shape index (κ3) is 4.18. The number of nitrogens with one attached hydrogen (secondary N) is 1. The van der Waals surface area contributed by atoms with Crippen LogP contribution in [0.3, 0.4) is 0 Å². The molecule has 1 aliphatic heterocycles. The fraction of sp³-hybridized carbons (Fsp3) is 0.692. The second-order valence-electron chi connectivity index (χ2n) is 4.94. The molecule has 2 heterocycles. The SMILES string of the molecule is CCCNc1ncc(CN2CCCN(C)C(=O)C2)s1. The Hall–Kier alpha value is -1.14. The molecule has 1 saturated heterocycles. The summed E-state index contributed by atoms with van der Waals surface area (Å²) in [6, 6.07) is 0. The van der Waals surface area contributed by atoms with E-state index >= 15 is 0 Å². The van der Waals surface area contributed by atoms with Crippen molar-refractivity contribution >= 4 is 22.4 Å². The number of anilines is 1. The van der Waals surface area contributed by atoms with E-state index in [0.29, 0.717) is 6.54 Å². The predicted molar refractivity (Wildman–Crippen MR) is 78.4 cm³/mol. The van der Waals surface area contributed by atoms with Crippen molar-refractivity contribution in [3.8, 4) is 0 Å². The molecule has 1 aromatic heterocycles. The van der Waals surface area contributed by atoms with Crippen LogP contribution in [-0.2, 0) is 11.3 Å². The van der Waals surface area contributed by atoms with Crippen LogP contribution in [-0.4, -0.2) is 53.9 Å². The van der Waals surface area contributed by atoms with Crippen LogP contribution in [0.15, 0.2) is 6.20 Å². The molecule has 5 nitrogen and oxygen atoms in total. The minimum absolute atomic E-state index is 0.214. The van der Waals surface area contributed by atoms with Gasteiger partial charge < -0.3 is 10.2 Å². The zero-order valence-corrected chi connectivity index (χ0v) is 12.5. The van der Waals surface area contributed by atoms with Crippen LogP contribution in [0, 0.1) is 0 Å². The predicted octanol–water partition coefficient (Wildman–Crippen LogP) is 1.63. The van der Waals surface area contributed by atoms with Gasteiger partial charge in [0.1, 0.15) is 0 Å². The minimum atomic E-state index is 0.214. The van der Waals surface area contributed by atoms with E-state index in [1.807, 2.05) is 18.1 Å². The van der Waals surface area contributed by atoms with Gasteiger partial charge in [-0.2, -0.15) is 0 Å². The molecule has 0 saturated carbocycles. The third-order valence-corrected chi connectivity index (χ3v) is 4.15. The second kappa shape index (κ2) is 6.86. The Morgan fingerprint density at radius 3 is 3.11 bits per heavy atom. The standard InChI is InChI=1S/C13H22N4OS/c1-3-5-14-13-15-8-11(19-13)9-17-7-4-6-16(2)12(18)10-17/h8H,3-7,9-10H2,1-2H3,(H,14,15). The van der Waals surface area contributed by atoms with Gasteiger partial charge >= 0.3 is 0 Å². The lowest BCUT2D eigenvalue weighted by Crippen LogP contribution is -2.33. The van der Waals surface area contributed by atoms with Crippen molar-refractivity contribution in [2.24, 2.45) is 0 Å². The molecule has 6 heteroatoms. The van der Waals surface area contributed by atoms with Crippen molar-refractivity contribution < 1.29 is 4.79 Å². The van der Waals surface area contributed by atoms with Gasteiger partial charge in [-0.1, -0.05) is 6.92 Å². The van der Waals surface area contributed by atoms with E-state index in [-0.39, 0.29) is 5.91 Å². The zero-order chi connectivity index (χ0) is 13.7. The average molecular weight is 282 g/mol. The number of hydrogen-bond donors (Lipinski definition) is 1. The first-order valence-corrected chi connectivity index (χ1v) is 7.65. The van der Waals surface area contributed by atoms with E-state index < -0.39 is 0 Å². The van der Waals surface area contributed by atoms with E-state index in [1.165, 1.54) is 4.88 Å². The number of carbonyl (C=O) groups is 1. The zero-order valence-electron chi connectivity index (χ0n) is 11.7. The molecule has 0 spiro atoms. The maximum Gasteiger partial charge on any atom is 0.236 e. The number of rotatable bonds is 5. The number of carbonyl (C=O) groups excluding carboxylic acids is 1. The van der Waals surface area contributed by atoms with Crippen LogP contribution in [0.1, 0.15) is 24.6 Å². The number of amides is 1. The highest BCUT2D eigenvalue weighted by atomic mass is 32.1. The molecule has 0 unspecified atom stereocenters. The molecule has 1 aliphatic rings. The highest BCUT2D eigenvalue weighted by Gasteiger charge is 2.19. The van der Waals surface area contributed by atoms with Crippen LogP contribution < -0.4 is 5.32 Å². The second-order valence-corrected chi connectivity index (χ2v) is 6.05. The molecule has 19 heavy (non-hydrogen) atoms. The number of hydrogen-bond acceptors (Lipinski definition) is 5. The van der Waals surface area contributed by atoms with Crippen molar-refractivity contribution in [2.45, 2.75) is 26.3 Å². The fourth-order valence-electron chi connectivity index (χ4n) is 2.10. The van der Waals surface area contributed by atoms with Crippen LogP contribution in [0.2, 0.25) is 0 Å². The van der Waals surface area contributed by atoms with Crippen LogP contribution in [0.5, 0.6) is 0 Å². The molecule has 1 fully saturated rings. The number of aromatic nitrogens is 1. The maximum absolute atomic E-state index is 11.8. The normalized spacial score (nSPS) is 17.6. The summed E-state index contributed by atoms with van der Waals surface area (Å²) in [5.74, 6) is 0.214. The van der Waals surface area contributed by atoms with Crippen LogP contribution in [0.4, 0.5) is 5.13 Å². The fourth-order valence-corrected chi connectivity index (χ4v) is 2.98. The summed E-state index contributed by atoms with van der Waals surface area (Å²) < 4.78 is 0. The monoisotopic (exact) mass is 282 g/mol. The summed E-state index contributed by atoms with van der Waals surface area (Å²) in [5.41, 5.74) is 0. The van der Waals surface area contributed by atoms with Gasteiger partial charge in [0.05, 0.1) is 6.54 Å². The van der Waals surface area contributed by atoms with Gasteiger partial charge in [0.2, 0.25) is 5.91 Å². The molecular weight excluding hydrogens is 260 g/mol. The first-order valence-electron chi connectivity index (χ1n) is 6.84. The Morgan fingerprint density at radius 2 is 2.32 bits per heavy atom. The summed E-state index contributed by atoms with van der Waals surface area (Å²) in [4.78, 5) is 21.4. The molecular formula is C13H22N4OS. The smallest absolute Gasteiger partial charge is 0.236 e. The van der Waals surface area contributed by atoms with E-state index in [0.717, 1.165) is 44.2 Å². The summed E-state index contributed by atoms with van der Waals surface area (Å²) >= 11 is 1.69. The number of nitrogens with zero attached hydrogens (tertiary/aromatic N) is 3. The molecule has 0 atom stereocenters. The molecule has 0 radical (unpaired) electrons. The highest BCUT2D eigenvalue weighted by molar-refractivity contribution is 7.15. The lowest BCUT2D eigenvalue weighted by atomic mass is 10.4. The number of likely N-dealkylation sites (N-methyl/N-ethyl adjacent to an activating group) is 1. The van der Waals surface area contributed by atoms with Gasteiger partial charge in [-0.25, -0.2) is 4.98 Å². The molecule has 1 aromatic rings. The Kier molecular flexibility index (Phi) is 5.15. The van der Waals surface area contributed by atoms with Crippen molar-refractivity contribution in [3.05, 3.63) is 11.1 Å². The quantitative estimate of drug-likeness (QED) is 0.892. The number of thiazole rings is 1. The van der Waals surface area contributed by atoms with E-state index in [2.05, 4.69) is 22.1 Å². The Balaban J connectivity index is 1.89. The van der Waals surface area contributed by atoms with Crippen molar-refractivity contribution in [1.29, 1.82) is 0 Å². The minimum Gasteiger partial charge on any atom is -0.362 e. The Labute approximate surface area is 118 Å². The summed E-state index contributed by atoms with van der Waals surface area (Å²) in [6.07, 6.45) is 4.06. The first kappa shape index (κ1) is 14.3. The van der Waals surface area contributed by atoms with Gasteiger partial charge in [0.15, 0.2) is 5.13 Å². The van der Waals surface area contributed by atoms with Gasteiger partial charge in [-0.05, 0) is 12.8 Å². The first-order chi connectivity index (χ1) is 9.19. The van der Waals surface area contributed by atoms with E-state index in [9.17, 15) is 4.79 Å².